The van der Waals surface area contributed by atoms with Crippen LogP contribution in [0, 0.1) is 5.82 Å². The highest BCUT2D eigenvalue weighted by Gasteiger charge is 2.10. The normalized spacial score (nSPS) is 10.6. The van der Waals surface area contributed by atoms with E-state index in [1.165, 1.54) is 12.1 Å². The molecule has 0 spiro atoms. The Kier molecular flexibility index (Phi) is 3.31. The second-order valence-electron chi connectivity index (χ2n) is 4.59. The maximum atomic E-state index is 13.0. The van der Waals surface area contributed by atoms with Crippen LogP contribution in [0.25, 0.3) is 16.9 Å². The molecule has 5 heteroatoms. The van der Waals surface area contributed by atoms with Gasteiger partial charge in [0.05, 0.1) is 24.7 Å². The minimum atomic E-state index is -0.285. The second kappa shape index (κ2) is 5.28. The third kappa shape index (κ3) is 2.58. The van der Waals surface area contributed by atoms with Crippen molar-refractivity contribution in [3.8, 4) is 22.7 Å². The van der Waals surface area contributed by atoms with Crippen LogP contribution in [0.3, 0.4) is 0 Å². The van der Waals surface area contributed by atoms with Gasteiger partial charge in [0.2, 0.25) is 0 Å². The molecule has 0 saturated heterocycles. The molecule has 0 atom stereocenters. The molecular weight excluding hydrogens is 269 g/mol. The third-order valence-electron chi connectivity index (χ3n) is 3.18. The molecule has 3 aromatic rings. The number of halogens is 1. The second-order valence-corrected chi connectivity index (χ2v) is 4.59. The predicted octanol–water partition coefficient (Wildman–Crippen LogP) is 3.27. The number of hydrogen-bond acceptors (Lipinski definition) is 3. The highest BCUT2D eigenvalue weighted by Crippen LogP contribution is 2.28. The molecule has 21 heavy (non-hydrogen) atoms. The van der Waals surface area contributed by atoms with Crippen molar-refractivity contribution in [2.45, 2.75) is 0 Å². The van der Waals surface area contributed by atoms with Gasteiger partial charge < -0.3 is 10.5 Å². The van der Waals surface area contributed by atoms with Gasteiger partial charge >= 0.3 is 0 Å². The first-order valence-electron chi connectivity index (χ1n) is 6.43. The fourth-order valence-corrected chi connectivity index (χ4v) is 2.11. The number of benzene rings is 2. The Labute approximate surface area is 121 Å². The van der Waals surface area contributed by atoms with Gasteiger partial charge in [-0.05, 0) is 36.4 Å². The summed E-state index contributed by atoms with van der Waals surface area (Å²) in [4.78, 5) is 0. The number of methoxy groups -OCH3 is 1. The summed E-state index contributed by atoms with van der Waals surface area (Å²) in [5.41, 5.74) is 8.86. The fraction of sp³-hybridized carbons (Fsp3) is 0.0625. The molecule has 0 aliphatic carbocycles. The van der Waals surface area contributed by atoms with E-state index < -0.39 is 0 Å². The van der Waals surface area contributed by atoms with E-state index in [0.29, 0.717) is 11.4 Å². The molecule has 0 saturated carbocycles. The van der Waals surface area contributed by atoms with Crippen molar-refractivity contribution in [2.75, 3.05) is 12.8 Å². The first-order valence-corrected chi connectivity index (χ1v) is 6.43. The topological polar surface area (TPSA) is 53.1 Å². The van der Waals surface area contributed by atoms with E-state index in [1.807, 2.05) is 24.3 Å². The molecular formula is C16H14FN3O. The van der Waals surface area contributed by atoms with Crippen LogP contribution in [0.4, 0.5) is 10.1 Å². The molecule has 0 aliphatic heterocycles. The first-order chi connectivity index (χ1) is 10.2. The van der Waals surface area contributed by atoms with E-state index in [1.54, 1.807) is 30.1 Å². The summed E-state index contributed by atoms with van der Waals surface area (Å²) < 4.78 is 19.8. The average molecular weight is 283 g/mol. The van der Waals surface area contributed by atoms with Crippen molar-refractivity contribution >= 4 is 5.69 Å². The van der Waals surface area contributed by atoms with E-state index in [-0.39, 0.29) is 5.82 Å². The smallest absolute Gasteiger partial charge is 0.123 e. The summed E-state index contributed by atoms with van der Waals surface area (Å²) in [6, 6.07) is 13.6. The summed E-state index contributed by atoms with van der Waals surface area (Å²) in [7, 11) is 1.61. The van der Waals surface area contributed by atoms with Gasteiger partial charge in [-0.25, -0.2) is 9.07 Å². The number of rotatable bonds is 3. The number of hydrogen-bond donors (Lipinski definition) is 1. The molecule has 3 rings (SSSR count). The van der Waals surface area contributed by atoms with Crippen molar-refractivity contribution in [1.82, 2.24) is 9.78 Å². The lowest BCUT2D eigenvalue weighted by atomic mass is 10.1. The lowest BCUT2D eigenvalue weighted by molar-refractivity contribution is 0.415. The van der Waals surface area contributed by atoms with Gasteiger partial charge in [0.15, 0.2) is 0 Å². The van der Waals surface area contributed by atoms with Gasteiger partial charge in [-0.15, -0.1) is 0 Å². The third-order valence-corrected chi connectivity index (χ3v) is 3.18. The van der Waals surface area contributed by atoms with Crippen LogP contribution in [0.1, 0.15) is 0 Å². The maximum Gasteiger partial charge on any atom is 0.123 e. The maximum absolute atomic E-state index is 13.0. The van der Waals surface area contributed by atoms with Crippen molar-refractivity contribution in [1.29, 1.82) is 0 Å². The van der Waals surface area contributed by atoms with Crippen molar-refractivity contribution in [3.05, 3.63) is 60.5 Å². The van der Waals surface area contributed by atoms with Crippen LogP contribution >= 0.6 is 0 Å². The monoisotopic (exact) mass is 283 g/mol. The molecule has 0 fully saturated rings. The van der Waals surface area contributed by atoms with Gasteiger partial charge in [0.25, 0.3) is 0 Å². The molecule has 2 aromatic carbocycles. The lowest BCUT2D eigenvalue weighted by Gasteiger charge is -2.03. The van der Waals surface area contributed by atoms with Crippen molar-refractivity contribution in [3.63, 3.8) is 0 Å². The standard InChI is InChI=1S/C16H14FN3O/c1-21-14-4-2-3-11(9-14)16-15(18)10-20(19-16)13-7-5-12(17)6-8-13/h2-10H,18H2,1H3. The summed E-state index contributed by atoms with van der Waals surface area (Å²) in [5.74, 6) is 0.454. The molecule has 1 aromatic heterocycles. The van der Waals surface area contributed by atoms with Crippen molar-refractivity contribution < 1.29 is 9.13 Å². The average Bonchev–Trinajstić information content (AvgIpc) is 2.90. The Balaban J connectivity index is 2.03. The van der Waals surface area contributed by atoms with Crippen LogP contribution in [0.2, 0.25) is 0 Å². The summed E-state index contributed by atoms with van der Waals surface area (Å²) in [6.45, 7) is 0. The van der Waals surface area contributed by atoms with Crippen LogP contribution < -0.4 is 10.5 Å². The lowest BCUT2D eigenvalue weighted by Crippen LogP contribution is -1.95. The van der Waals surface area contributed by atoms with Crippen LogP contribution in [-0.4, -0.2) is 16.9 Å². The van der Waals surface area contributed by atoms with E-state index in [4.69, 9.17) is 10.5 Å². The molecule has 106 valence electrons. The minimum Gasteiger partial charge on any atom is -0.497 e. The number of aromatic nitrogens is 2. The van der Waals surface area contributed by atoms with E-state index >= 15 is 0 Å². The minimum absolute atomic E-state index is 0.285. The molecule has 0 bridgehead atoms. The number of nitrogen functional groups attached to an aromatic ring is 1. The Morgan fingerprint density at radius 2 is 1.90 bits per heavy atom. The van der Waals surface area contributed by atoms with E-state index in [0.717, 1.165) is 17.0 Å². The number of ether oxygens (including phenoxy) is 1. The summed E-state index contributed by atoms with van der Waals surface area (Å²) in [5, 5.41) is 4.47. The zero-order valence-corrected chi connectivity index (χ0v) is 11.5. The van der Waals surface area contributed by atoms with Crippen LogP contribution in [-0.2, 0) is 0 Å². The Hall–Kier alpha value is -2.82. The molecule has 4 nitrogen and oxygen atoms in total. The van der Waals surface area contributed by atoms with Gasteiger partial charge in [0, 0.05) is 5.56 Å². The summed E-state index contributed by atoms with van der Waals surface area (Å²) >= 11 is 0. The zero-order chi connectivity index (χ0) is 14.8. The van der Waals surface area contributed by atoms with E-state index in [9.17, 15) is 4.39 Å². The number of nitrogens with zero attached hydrogens (tertiary/aromatic N) is 2. The Bertz CT molecular complexity index is 765. The summed E-state index contributed by atoms with van der Waals surface area (Å²) in [6.07, 6.45) is 1.71. The Morgan fingerprint density at radius 1 is 1.14 bits per heavy atom. The number of anilines is 1. The molecule has 0 unspecified atom stereocenters. The molecule has 1 heterocycles. The molecule has 0 radical (unpaired) electrons. The largest absolute Gasteiger partial charge is 0.497 e. The molecule has 0 amide bonds. The SMILES string of the molecule is COc1cccc(-c2nn(-c3ccc(F)cc3)cc2N)c1. The molecule has 0 aliphatic rings. The zero-order valence-electron chi connectivity index (χ0n) is 11.5. The highest BCUT2D eigenvalue weighted by atomic mass is 19.1. The van der Waals surface area contributed by atoms with E-state index in [2.05, 4.69) is 5.10 Å². The first kappa shape index (κ1) is 13.2. The van der Waals surface area contributed by atoms with Crippen molar-refractivity contribution in [2.24, 2.45) is 0 Å². The van der Waals surface area contributed by atoms with Gasteiger partial charge in [-0.3, -0.25) is 0 Å². The van der Waals surface area contributed by atoms with Gasteiger partial charge in [-0.2, -0.15) is 5.10 Å². The molecule has 2 N–H and O–H groups in total. The quantitative estimate of drug-likeness (QED) is 0.802. The fourth-order valence-electron chi connectivity index (χ4n) is 2.11. The van der Waals surface area contributed by atoms with Gasteiger partial charge in [-0.1, -0.05) is 12.1 Å². The van der Waals surface area contributed by atoms with Gasteiger partial charge in [0.1, 0.15) is 17.3 Å². The predicted molar refractivity (Wildman–Crippen MR) is 79.9 cm³/mol. The highest BCUT2D eigenvalue weighted by molar-refractivity contribution is 5.73. The van der Waals surface area contributed by atoms with Crippen LogP contribution in [0.15, 0.2) is 54.7 Å². The van der Waals surface area contributed by atoms with Crippen LogP contribution in [0.5, 0.6) is 5.75 Å². The Morgan fingerprint density at radius 3 is 2.62 bits per heavy atom. The number of nitrogens with two attached hydrogens (primary N) is 1.